The Balaban J connectivity index is 1.45. The summed E-state index contributed by atoms with van der Waals surface area (Å²) in [6.45, 7) is 1.41. The zero-order valence-corrected chi connectivity index (χ0v) is 21.6. The molecule has 10 heteroatoms. The Morgan fingerprint density at radius 1 is 1.18 bits per heavy atom. The van der Waals surface area contributed by atoms with Crippen LogP contribution in [0.1, 0.15) is 47.6 Å². The van der Waals surface area contributed by atoms with Gasteiger partial charge in [0.25, 0.3) is 5.56 Å². The molecule has 0 saturated carbocycles. The lowest BCUT2D eigenvalue weighted by Gasteiger charge is -2.30. The Hall–Kier alpha value is -4.44. The predicted molar refractivity (Wildman–Crippen MR) is 143 cm³/mol. The van der Waals surface area contributed by atoms with Crippen molar-refractivity contribution in [3.05, 3.63) is 98.3 Å². The lowest BCUT2D eigenvalue weighted by molar-refractivity contribution is -0.146. The van der Waals surface area contributed by atoms with Gasteiger partial charge in [-0.1, -0.05) is 30.3 Å². The quantitative estimate of drug-likeness (QED) is 0.194. The Morgan fingerprint density at radius 2 is 2.00 bits per heavy atom. The van der Waals surface area contributed by atoms with Crippen molar-refractivity contribution >= 4 is 23.1 Å². The van der Waals surface area contributed by atoms with Crippen molar-refractivity contribution in [3.63, 3.8) is 0 Å². The Labute approximate surface area is 227 Å². The number of pyridine rings is 2. The first-order valence-corrected chi connectivity index (χ1v) is 12.9. The lowest BCUT2D eigenvalue weighted by atomic mass is 9.74. The largest absolute Gasteiger partial charge is 0.461 e. The van der Waals surface area contributed by atoms with Crippen LogP contribution in [0.25, 0.3) is 22.3 Å². The van der Waals surface area contributed by atoms with Crippen molar-refractivity contribution in [2.24, 2.45) is 5.16 Å². The van der Waals surface area contributed by atoms with Crippen molar-refractivity contribution in [1.82, 2.24) is 9.55 Å². The summed E-state index contributed by atoms with van der Waals surface area (Å²) in [5, 5.41) is 15.2. The van der Waals surface area contributed by atoms with Crippen molar-refractivity contribution in [2.75, 3.05) is 6.61 Å². The highest BCUT2D eigenvalue weighted by molar-refractivity contribution is 6.02. The second-order valence-corrected chi connectivity index (χ2v) is 10.1. The highest BCUT2D eigenvalue weighted by Gasteiger charge is 2.40. The molecule has 8 nitrogen and oxygen atoms in total. The minimum absolute atomic E-state index is 0.0300. The first kappa shape index (κ1) is 25.8. The van der Waals surface area contributed by atoms with Gasteiger partial charge in [-0.3, -0.25) is 9.59 Å². The van der Waals surface area contributed by atoms with E-state index in [4.69, 9.17) is 14.6 Å². The summed E-state index contributed by atoms with van der Waals surface area (Å²) < 4.78 is 34.2. The molecule has 0 amide bonds. The van der Waals surface area contributed by atoms with Crippen LogP contribution < -0.4 is 5.56 Å². The molecule has 204 valence electrons. The molecule has 1 unspecified atom stereocenters. The molecule has 0 radical (unpaired) electrons. The molecule has 1 atom stereocenters. The number of carbonyl (C=O) groups is 1. The van der Waals surface area contributed by atoms with Gasteiger partial charge in [0, 0.05) is 33.6 Å². The molecule has 0 saturated heterocycles. The van der Waals surface area contributed by atoms with Crippen molar-refractivity contribution in [1.29, 1.82) is 0 Å². The van der Waals surface area contributed by atoms with Crippen molar-refractivity contribution in [3.8, 4) is 11.4 Å². The van der Waals surface area contributed by atoms with Crippen LogP contribution in [0, 0.1) is 11.6 Å². The van der Waals surface area contributed by atoms with Gasteiger partial charge in [0.05, 0.1) is 48.3 Å². The number of oxime groups is 1. The van der Waals surface area contributed by atoms with E-state index >= 15 is 0 Å². The Morgan fingerprint density at radius 3 is 2.77 bits per heavy atom. The monoisotopic (exact) mass is 545 g/mol. The average Bonchev–Trinajstić information content (AvgIpc) is 3.25. The number of ether oxygens (including phenoxy) is 1. The van der Waals surface area contributed by atoms with Crippen LogP contribution in [0.15, 0.2) is 58.5 Å². The summed E-state index contributed by atoms with van der Waals surface area (Å²) in [4.78, 5) is 36.4. The number of hydrogen-bond donors (Lipinski definition) is 1. The summed E-state index contributed by atoms with van der Waals surface area (Å²) >= 11 is 0. The molecule has 4 heterocycles. The Bertz CT molecular complexity index is 1760. The van der Waals surface area contributed by atoms with Gasteiger partial charge in [0.1, 0.15) is 24.8 Å². The van der Waals surface area contributed by atoms with E-state index in [1.165, 1.54) is 12.3 Å². The fourth-order valence-corrected chi connectivity index (χ4v) is 5.59. The topological polar surface area (TPSA) is 103 Å². The van der Waals surface area contributed by atoms with Gasteiger partial charge < -0.3 is 19.2 Å². The molecule has 40 heavy (non-hydrogen) atoms. The van der Waals surface area contributed by atoms with Crippen LogP contribution in [-0.4, -0.2) is 33.4 Å². The summed E-state index contributed by atoms with van der Waals surface area (Å²) in [6.07, 6.45) is 1.92. The number of carbonyl (C=O) groups excluding carboxylic acids is 1. The number of benzene rings is 2. The number of esters is 1. The SMILES string of the molecule is CCC1(CO)CC(=O)OCc2c1cc1n(c2=O)Cc2c-1nc1ccccc1c2/C=N/OCc1ccc(F)cc1F. The highest BCUT2D eigenvalue weighted by Crippen LogP contribution is 2.41. The molecule has 1 N–H and O–H groups in total. The number of cyclic esters (lactones) is 1. The Kier molecular flexibility index (Phi) is 6.42. The van der Waals surface area contributed by atoms with E-state index < -0.39 is 23.0 Å². The van der Waals surface area contributed by atoms with Gasteiger partial charge >= 0.3 is 5.97 Å². The van der Waals surface area contributed by atoms with E-state index in [0.717, 1.165) is 23.1 Å². The molecule has 4 aromatic rings. The third kappa shape index (κ3) is 4.15. The standard InChI is InChI=1S/C30H25F2N3O5/c1-2-30(16-36)11-27(37)39-15-22-23(30)10-26-28-21(13-35(26)29(22)38)20(19-5-3-4-6-25(19)34-28)12-33-40-14-17-7-8-18(31)9-24(17)32/h3-10,12,36H,2,11,13-16H2,1H3/b33-12+. The number of aliphatic hydroxyl groups excluding tert-OH is 1. The third-order valence-corrected chi connectivity index (χ3v) is 7.90. The van der Waals surface area contributed by atoms with Crippen molar-refractivity contribution < 1.29 is 28.3 Å². The molecular weight excluding hydrogens is 520 g/mol. The van der Waals surface area contributed by atoms with Crippen LogP contribution in [-0.2, 0) is 39.5 Å². The third-order valence-electron chi connectivity index (χ3n) is 7.90. The average molecular weight is 546 g/mol. The number of hydrogen-bond acceptors (Lipinski definition) is 7. The minimum Gasteiger partial charge on any atom is -0.461 e. The van der Waals surface area contributed by atoms with E-state index in [-0.39, 0.29) is 43.9 Å². The molecule has 2 aromatic heterocycles. The number of rotatable bonds is 6. The van der Waals surface area contributed by atoms with Gasteiger partial charge in [-0.25, -0.2) is 13.8 Å². The van der Waals surface area contributed by atoms with Crippen LogP contribution >= 0.6 is 0 Å². The number of halogens is 2. The second kappa shape index (κ2) is 9.95. The van der Waals surface area contributed by atoms with E-state index in [0.29, 0.717) is 40.0 Å². The molecule has 0 fully saturated rings. The highest BCUT2D eigenvalue weighted by atomic mass is 19.1. The molecule has 2 aliphatic rings. The van der Waals surface area contributed by atoms with E-state index in [2.05, 4.69) is 5.16 Å². The molecule has 2 aliphatic heterocycles. The number of para-hydroxylation sites is 1. The van der Waals surface area contributed by atoms with E-state index in [1.54, 1.807) is 4.57 Å². The van der Waals surface area contributed by atoms with Crippen LogP contribution in [0.3, 0.4) is 0 Å². The smallest absolute Gasteiger partial charge is 0.307 e. The van der Waals surface area contributed by atoms with E-state index in [1.807, 2.05) is 37.3 Å². The fraction of sp³-hybridized carbons (Fsp3) is 0.267. The number of aliphatic hydroxyl groups is 1. The molecule has 0 spiro atoms. The van der Waals surface area contributed by atoms with Gasteiger partial charge in [-0.05, 0) is 36.2 Å². The second-order valence-electron chi connectivity index (χ2n) is 10.1. The van der Waals surface area contributed by atoms with Gasteiger partial charge in [0.15, 0.2) is 0 Å². The lowest BCUT2D eigenvalue weighted by Crippen LogP contribution is -2.35. The molecule has 2 aromatic carbocycles. The number of nitrogens with zero attached hydrogens (tertiary/aromatic N) is 3. The molecule has 0 bridgehead atoms. The van der Waals surface area contributed by atoms with Crippen LogP contribution in [0.2, 0.25) is 0 Å². The van der Waals surface area contributed by atoms with Gasteiger partial charge in [0.2, 0.25) is 0 Å². The molecular formula is C30H25F2N3O5. The first-order valence-electron chi connectivity index (χ1n) is 12.9. The maximum absolute atomic E-state index is 14.0. The van der Waals surface area contributed by atoms with Crippen LogP contribution in [0.4, 0.5) is 8.78 Å². The molecule has 6 rings (SSSR count). The summed E-state index contributed by atoms with van der Waals surface area (Å²) in [6, 6.07) is 12.5. The maximum Gasteiger partial charge on any atom is 0.307 e. The zero-order valence-electron chi connectivity index (χ0n) is 21.6. The van der Waals surface area contributed by atoms with Gasteiger partial charge in [-0.15, -0.1) is 0 Å². The fourth-order valence-electron chi connectivity index (χ4n) is 5.59. The van der Waals surface area contributed by atoms with E-state index in [9.17, 15) is 23.5 Å². The van der Waals surface area contributed by atoms with Gasteiger partial charge in [-0.2, -0.15) is 0 Å². The number of aromatic nitrogens is 2. The number of fused-ring (bicyclic) bond motifs is 5. The summed E-state index contributed by atoms with van der Waals surface area (Å²) in [7, 11) is 0. The van der Waals surface area contributed by atoms with Crippen LogP contribution in [0.5, 0.6) is 0 Å². The molecule has 0 aliphatic carbocycles. The maximum atomic E-state index is 14.0. The minimum atomic E-state index is -0.939. The summed E-state index contributed by atoms with van der Waals surface area (Å²) in [5.41, 5.74) is 3.14. The first-order chi connectivity index (χ1) is 19.3. The van der Waals surface area contributed by atoms with Crippen molar-refractivity contribution in [2.45, 2.75) is 44.9 Å². The predicted octanol–water partition coefficient (Wildman–Crippen LogP) is 4.34. The zero-order chi connectivity index (χ0) is 28.0. The summed E-state index contributed by atoms with van der Waals surface area (Å²) in [5.74, 6) is -1.86. The normalized spacial score (nSPS) is 17.9.